The molecule has 2 aliphatic rings. The van der Waals surface area contributed by atoms with E-state index in [1.807, 2.05) is 0 Å². The Kier molecular flexibility index (Phi) is 5.64. The van der Waals surface area contributed by atoms with Crippen LogP contribution in [-0.2, 0) is 16.2 Å². The number of benzene rings is 1. The fourth-order valence-electron chi connectivity index (χ4n) is 3.48. The number of alkyl halides is 2. The van der Waals surface area contributed by atoms with Crippen molar-refractivity contribution in [3.05, 3.63) is 39.6 Å². The summed E-state index contributed by atoms with van der Waals surface area (Å²) in [6, 6.07) is 5.14. The van der Waals surface area contributed by atoms with Gasteiger partial charge in [-0.15, -0.1) is 0 Å². The number of piperidine rings is 1. The molecule has 4 rings (SSSR count). The number of hydrogen-bond acceptors (Lipinski definition) is 5. The van der Waals surface area contributed by atoms with Crippen LogP contribution >= 0.6 is 23.2 Å². The van der Waals surface area contributed by atoms with E-state index >= 15 is 0 Å². The maximum atomic E-state index is 14.4. The molecule has 1 unspecified atom stereocenters. The molecule has 2 fully saturated rings. The summed E-state index contributed by atoms with van der Waals surface area (Å²) < 4.78 is 40.1. The van der Waals surface area contributed by atoms with Gasteiger partial charge in [0.2, 0.25) is 0 Å². The van der Waals surface area contributed by atoms with Crippen molar-refractivity contribution in [1.29, 1.82) is 0 Å². The molecule has 1 aromatic carbocycles. The fourth-order valence-corrected chi connectivity index (χ4v) is 4.06. The molecule has 1 saturated heterocycles. The summed E-state index contributed by atoms with van der Waals surface area (Å²) in [6.45, 7) is -0.172. The fraction of sp³-hybridized carbons (Fsp3) is 0.526. The topological polar surface area (TPSA) is 47.7 Å². The first kappa shape index (κ1) is 20.0. The minimum absolute atomic E-state index is 0.0422. The molecule has 1 saturated carbocycles. The van der Waals surface area contributed by atoms with Crippen molar-refractivity contribution in [2.45, 2.75) is 43.8 Å². The smallest absolute Gasteiger partial charge is 0.288 e. The third kappa shape index (κ3) is 3.91. The van der Waals surface area contributed by atoms with Gasteiger partial charge in [-0.25, -0.2) is 8.78 Å². The predicted molar refractivity (Wildman–Crippen MR) is 101 cm³/mol. The first-order valence-electron chi connectivity index (χ1n) is 9.12. The first-order valence-corrected chi connectivity index (χ1v) is 9.87. The minimum atomic E-state index is -3.02. The number of aromatic nitrogens is 1. The lowest BCUT2D eigenvalue weighted by atomic mass is 10.0. The van der Waals surface area contributed by atoms with Crippen LogP contribution in [-0.4, -0.2) is 42.4 Å². The van der Waals surface area contributed by atoms with Crippen LogP contribution in [0, 0.1) is 0 Å². The second-order valence-corrected chi connectivity index (χ2v) is 7.95. The molecular formula is C19H20Cl2F2N2O3. The van der Waals surface area contributed by atoms with Gasteiger partial charge < -0.3 is 14.1 Å². The van der Waals surface area contributed by atoms with Crippen molar-refractivity contribution in [2.24, 2.45) is 0 Å². The van der Waals surface area contributed by atoms with Gasteiger partial charge in [-0.3, -0.25) is 0 Å². The van der Waals surface area contributed by atoms with E-state index in [2.05, 4.69) is 5.16 Å². The van der Waals surface area contributed by atoms with E-state index in [0.717, 1.165) is 12.8 Å². The Hall–Kier alpha value is -1.25. The van der Waals surface area contributed by atoms with Gasteiger partial charge in [-0.2, -0.15) is 5.06 Å². The van der Waals surface area contributed by atoms with Gasteiger partial charge in [-0.05, 0) is 31.4 Å². The maximum absolute atomic E-state index is 14.4. The van der Waals surface area contributed by atoms with Gasteiger partial charge in [0.15, 0.2) is 0 Å². The molecule has 152 valence electrons. The molecule has 5 nitrogen and oxygen atoms in total. The maximum Gasteiger partial charge on any atom is 0.288 e. The second-order valence-electron chi connectivity index (χ2n) is 7.14. The highest BCUT2D eigenvalue weighted by Gasteiger charge is 2.46. The van der Waals surface area contributed by atoms with Crippen LogP contribution in [0.3, 0.4) is 0 Å². The van der Waals surface area contributed by atoms with Crippen LogP contribution in [0.25, 0.3) is 11.3 Å². The average molecular weight is 433 g/mol. The van der Waals surface area contributed by atoms with Crippen LogP contribution < -0.4 is 0 Å². The van der Waals surface area contributed by atoms with Crippen molar-refractivity contribution in [1.82, 2.24) is 10.2 Å². The van der Waals surface area contributed by atoms with Crippen LogP contribution in [0.5, 0.6) is 0 Å². The van der Waals surface area contributed by atoms with Gasteiger partial charge >= 0.3 is 0 Å². The van der Waals surface area contributed by atoms with Gasteiger partial charge in [0.1, 0.15) is 17.6 Å². The van der Waals surface area contributed by atoms with Crippen LogP contribution in [0.2, 0.25) is 10.0 Å². The molecule has 1 aliphatic heterocycles. The van der Waals surface area contributed by atoms with Gasteiger partial charge in [-0.1, -0.05) is 34.4 Å². The summed E-state index contributed by atoms with van der Waals surface area (Å²) in [5.41, 5.74) is 1.62. The molecule has 1 atom stereocenters. The van der Waals surface area contributed by atoms with E-state index in [9.17, 15) is 8.78 Å². The number of halogens is 4. The first-order chi connectivity index (χ1) is 13.4. The van der Waals surface area contributed by atoms with Gasteiger partial charge in [0.05, 0.1) is 30.3 Å². The molecule has 1 aliphatic carbocycles. The quantitative estimate of drug-likeness (QED) is 0.618. The molecular weight excluding hydrogens is 413 g/mol. The van der Waals surface area contributed by atoms with Gasteiger partial charge in [0, 0.05) is 23.6 Å². The zero-order valence-electron chi connectivity index (χ0n) is 15.3. The van der Waals surface area contributed by atoms with E-state index in [0.29, 0.717) is 39.2 Å². The van der Waals surface area contributed by atoms with E-state index in [-0.39, 0.29) is 18.9 Å². The third-order valence-electron chi connectivity index (χ3n) is 5.15. The highest BCUT2D eigenvalue weighted by molar-refractivity contribution is 6.39. The zero-order chi connectivity index (χ0) is 19.9. The molecule has 0 spiro atoms. The summed E-state index contributed by atoms with van der Waals surface area (Å²) in [4.78, 5) is 4.93. The SMILES string of the molecule is CON1CCC(OCc2c(-c3c(Cl)cccc3Cl)noc2C2CC2)C(F)(F)C1. The molecule has 28 heavy (non-hydrogen) atoms. The number of nitrogens with zero attached hydrogens (tertiary/aromatic N) is 2. The normalized spacial score (nSPS) is 22.5. The molecule has 1 aromatic heterocycles. The van der Waals surface area contributed by atoms with Crippen molar-refractivity contribution in [3.8, 4) is 11.3 Å². The minimum Gasteiger partial charge on any atom is -0.367 e. The number of hydroxylamine groups is 2. The molecule has 0 radical (unpaired) electrons. The Morgan fingerprint density at radius 3 is 2.57 bits per heavy atom. The Balaban J connectivity index is 1.60. The molecule has 2 heterocycles. The van der Waals surface area contributed by atoms with E-state index in [1.54, 1.807) is 18.2 Å². The van der Waals surface area contributed by atoms with Crippen LogP contribution in [0.4, 0.5) is 8.78 Å². The lowest BCUT2D eigenvalue weighted by Gasteiger charge is -2.36. The van der Waals surface area contributed by atoms with E-state index in [1.165, 1.54) is 12.2 Å². The molecule has 0 amide bonds. The molecule has 9 heteroatoms. The Bertz CT molecular complexity index is 837. The lowest BCUT2D eigenvalue weighted by Crippen LogP contribution is -2.52. The lowest BCUT2D eigenvalue weighted by molar-refractivity contribution is -0.248. The average Bonchev–Trinajstić information content (AvgIpc) is 3.41. The number of hydrogen-bond donors (Lipinski definition) is 0. The predicted octanol–water partition coefficient (Wildman–Crippen LogP) is 5.31. The van der Waals surface area contributed by atoms with Crippen LogP contribution in [0.1, 0.15) is 36.5 Å². The molecule has 0 N–H and O–H groups in total. The summed E-state index contributed by atoms with van der Waals surface area (Å²) >= 11 is 12.6. The number of rotatable bonds is 6. The standard InChI is InChI=1S/C19H20Cl2F2N2O3/c1-26-25-8-7-15(19(22,23)10-25)27-9-12-17(24-28-18(12)11-5-6-11)16-13(20)3-2-4-14(16)21/h2-4,11,15H,5-10H2,1H3. The second kappa shape index (κ2) is 7.88. The molecule has 0 bridgehead atoms. The Morgan fingerprint density at radius 2 is 1.96 bits per heavy atom. The van der Waals surface area contributed by atoms with Crippen molar-refractivity contribution in [2.75, 3.05) is 20.2 Å². The summed E-state index contributed by atoms with van der Waals surface area (Å²) in [5.74, 6) is -2.12. The highest BCUT2D eigenvalue weighted by atomic mass is 35.5. The van der Waals surface area contributed by atoms with Crippen molar-refractivity contribution >= 4 is 23.2 Å². The van der Waals surface area contributed by atoms with Crippen molar-refractivity contribution < 1.29 is 22.9 Å². The summed E-state index contributed by atoms with van der Waals surface area (Å²) in [7, 11) is 1.38. The molecule has 2 aromatic rings. The van der Waals surface area contributed by atoms with Gasteiger partial charge in [0.25, 0.3) is 5.92 Å². The Morgan fingerprint density at radius 1 is 1.25 bits per heavy atom. The highest BCUT2D eigenvalue weighted by Crippen LogP contribution is 2.46. The number of ether oxygens (including phenoxy) is 1. The van der Waals surface area contributed by atoms with E-state index in [4.69, 9.17) is 37.3 Å². The zero-order valence-corrected chi connectivity index (χ0v) is 16.8. The van der Waals surface area contributed by atoms with E-state index < -0.39 is 18.6 Å². The monoisotopic (exact) mass is 432 g/mol. The largest absolute Gasteiger partial charge is 0.367 e. The Labute approximate surface area is 171 Å². The summed E-state index contributed by atoms with van der Waals surface area (Å²) in [6.07, 6.45) is 0.892. The van der Waals surface area contributed by atoms with Crippen LogP contribution in [0.15, 0.2) is 22.7 Å². The summed E-state index contributed by atoms with van der Waals surface area (Å²) in [5, 5.41) is 6.23. The third-order valence-corrected chi connectivity index (χ3v) is 5.78. The van der Waals surface area contributed by atoms with Crippen molar-refractivity contribution in [3.63, 3.8) is 0 Å².